The summed E-state index contributed by atoms with van der Waals surface area (Å²) in [7, 11) is 0. The Kier molecular flexibility index (Phi) is 7.40. The van der Waals surface area contributed by atoms with E-state index in [1.165, 1.54) is 12.3 Å². The highest BCUT2D eigenvalue weighted by atomic mass is 35.5. The van der Waals surface area contributed by atoms with Crippen LogP contribution in [0.2, 0.25) is 5.15 Å². The number of aromatic nitrogens is 3. The predicted octanol–water partition coefficient (Wildman–Crippen LogP) is 3.22. The van der Waals surface area contributed by atoms with Gasteiger partial charge in [0.2, 0.25) is 5.91 Å². The fourth-order valence-electron chi connectivity index (χ4n) is 3.87. The van der Waals surface area contributed by atoms with Crippen LogP contribution in [0.1, 0.15) is 34.3 Å². The summed E-state index contributed by atoms with van der Waals surface area (Å²) in [5.74, 6) is -1.97. The number of nitrogens with zero attached hydrogens (tertiary/aromatic N) is 2. The quantitative estimate of drug-likeness (QED) is 0.280. The molecule has 0 spiro atoms. The average Bonchev–Trinajstić information content (AvgIpc) is 2.87. The van der Waals surface area contributed by atoms with Crippen LogP contribution in [-0.2, 0) is 17.8 Å². The molecule has 0 saturated carbocycles. The van der Waals surface area contributed by atoms with Gasteiger partial charge in [0.05, 0.1) is 16.8 Å². The number of H-pyrrole nitrogens is 1. The molecule has 0 bridgehead atoms. The SMILES string of the molecule is CC(C(=O)NCCn1c(=O)[nH]c2c(C(=O)Cc3ccc(Cl)nc3)cc(F)cc2c1=O)c1ccccc1. The van der Waals surface area contributed by atoms with Crippen LogP contribution in [0.5, 0.6) is 0 Å². The minimum atomic E-state index is -0.791. The Morgan fingerprint density at radius 2 is 1.89 bits per heavy atom. The molecule has 0 aliphatic carbocycles. The van der Waals surface area contributed by atoms with Gasteiger partial charge in [-0.15, -0.1) is 0 Å². The summed E-state index contributed by atoms with van der Waals surface area (Å²) in [6.07, 6.45) is 1.30. The molecule has 4 aromatic rings. The number of hydrogen-bond donors (Lipinski definition) is 2. The first kappa shape index (κ1) is 25.0. The summed E-state index contributed by atoms with van der Waals surface area (Å²) in [4.78, 5) is 57.5. The Balaban J connectivity index is 1.56. The van der Waals surface area contributed by atoms with Crippen molar-refractivity contribution in [3.63, 3.8) is 0 Å². The van der Waals surface area contributed by atoms with E-state index in [0.29, 0.717) is 5.56 Å². The summed E-state index contributed by atoms with van der Waals surface area (Å²) in [5.41, 5.74) is -0.328. The van der Waals surface area contributed by atoms with Crippen molar-refractivity contribution in [2.45, 2.75) is 25.8 Å². The van der Waals surface area contributed by atoms with Gasteiger partial charge >= 0.3 is 5.69 Å². The van der Waals surface area contributed by atoms with Crippen molar-refractivity contribution in [1.82, 2.24) is 19.9 Å². The normalized spacial score (nSPS) is 11.9. The number of Topliss-reactive ketones (excluding diaryl/α,β-unsaturated/α-hetero) is 1. The molecule has 4 rings (SSSR count). The third kappa shape index (κ3) is 5.41. The molecule has 0 aliphatic rings. The Bertz CT molecular complexity index is 1550. The van der Waals surface area contributed by atoms with Gasteiger partial charge in [-0.05, 0) is 36.2 Å². The molecule has 2 N–H and O–H groups in total. The first-order chi connectivity index (χ1) is 17.2. The number of hydrogen-bond acceptors (Lipinski definition) is 5. The number of aromatic amines is 1. The average molecular weight is 509 g/mol. The van der Waals surface area contributed by atoms with Gasteiger partial charge in [0, 0.05) is 31.3 Å². The van der Waals surface area contributed by atoms with Crippen molar-refractivity contribution < 1.29 is 14.0 Å². The van der Waals surface area contributed by atoms with Crippen molar-refractivity contribution in [1.29, 1.82) is 0 Å². The van der Waals surface area contributed by atoms with E-state index in [9.17, 15) is 23.6 Å². The van der Waals surface area contributed by atoms with E-state index in [1.807, 2.05) is 30.3 Å². The van der Waals surface area contributed by atoms with Crippen LogP contribution in [0, 0.1) is 5.82 Å². The van der Waals surface area contributed by atoms with Crippen molar-refractivity contribution in [3.05, 3.63) is 109 Å². The van der Waals surface area contributed by atoms with Gasteiger partial charge in [-0.2, -0.15) is 0 Å². The van der Waals surface area contributed by atoms with Crippen LogP contribution in [0.3, 0.4) is 0 Å². The number of rotatable bonds is 8. The third-order valence-electron chi connectivity index (χ3n) is 5.84. The minimum absolute atomic E-state index is 0.00910. The lowest BCUT2D eigenvalue weighted by Crippen LogP contribution is -2.40. The van der Waals surface area contributed by atoms with Gasteiger partial charge in [0.1, 0.15) is 11.0 Å². The molecule has 0 fully saturated rings. The molecule has 1 atom stereocenters. The van der Waals surface area contributed by atoms with E-state index >= 15 is 0 Å². The van der Waals surface area contributed by atoms with Crippen molar-refractivity contribution >= 4 is 34.2 Å². The maximum Gasteiger partial charge on any atom is 0.328 e. The van der Waals surface area contributed by atoms with Crippen LogP contribution in [0.25, 0.3) is 10.9 Å². The van der Waals surface area contributed by atoms with Crippen LogP contribution >= 0.6 is 11.6 Å². The predicted molar refractivity (Wildman–Crippen MR) is 134 cm³/mol. The third-order valence-corrected chi connectivity index (χ3v) is 6.06. The molecular weight excluding hydrogens is 487 g/mol. The number of carbonyl (C=O) groups is 2. The molecular formula is C26H22ClFN4O4. The molecule has 0 radical (unpaired) electrons. The Morgan fingerprint density at radius 3 is 2.58 bits per heavy atom. The zero-order valence-corrected chi connectivity index (χ0v) is 20.0. The maximum absolute atomic E-state index is 14.4. The van der Waals surface area contributed by atoms with Crippen LogP contribution in [0.4, 0.5) is 4.39 Å². The number of nitrogens with one attached hydrogen (secondary N) is 2. The fraction of sp³-hybridized carbons (Fsp3) is 0.192. The monoisotopic (exact) mass is 508 g/mol. The highest BCUT2D eigenvalue weighted by Crippen LogP contribution is 2.18. The van der Waals surface area contributed by atoms with Crippen molar-refractivity contribution in [3.8, 4) is 0 Å². The fourth-order valence-corrected chi connectivity index (χ4v) is 3.99. The Labute approximate surface area is 209 Å². The largest absolute Gasteiger partial charge is 0.354 e. The van der Waals surface area contributed by atoms with E-state index < -0.39 is 28.8 Å². The molecule has 8 nitrogen and oxygen atoms in total. The van der Waals surface area contributed by atoms with Gasteiger partial charge in [-0.1, -0.05) is 48.0 Å². The van der Waals surface area contributed by atoms with Gasteiger partial charge in [-0.25, -0.2) is 14.2 Å². The smallest absolute Gasteiger partial charge is 0.328 e. The first-order valence-corrected chi connectivity index (χ1v) is 11.5. The number of halogens is 2. The standard InChI is InChI=1S/C26H22ClFN4O4/c1-15(17-5-3-2-4-6-17)24(34)29-9-10-32-25(35)20-13-18(28)12-19(23(20)31-26(32)36)21(33)11-16-7-8-22(27)30-14-16/h2-8,12-15H,9-11H2,1H3,(H,29,34)(H,31,36). The second-order valence-corrected chi connectivity index (χ2v) is 8.66. The molecule has 36 heavy (non-hydrogen) atoms. The lowest BCUT2D eigenvalue weighted by molar-refractivity contribution is -0.122. The number of amides is 1. The molecule has 1 unspecified atom stereocenters. The van der Waals surface area contributed by atoms with Gasteiger partial charge in [0.25, 0.3) is 5.56 Å². The summed E-state index contributed by atoms with van der Waals surface area (Å²) in [6.45, 7) is 1.63. The summed E-state index contributed by atoms with van der Waals surface area (Å²) >= 11 is 5.77. The van der Waals surface area contributed by atoms with Crippen LogP contribution in [-0.4, -0.2) is 32.8 Å². The molecule has 10 heteroatoms. The number of carbonyl (C=O) groups excluding carboxylic acids is 2. The summed E-state index contributed by atoms with van der Waals surface area (Å²) in [6, 6.07) is 14.3. The Hall–Kier alpha value is -4.11. The van der Waals surface area contributed by atoms with E-state index in [-0.39, 0.29) is 47.0 Å². The number of fused-ring (bicyclic) bond motifs is 1. The molecule has 2 aromatic carbocycles. The van der Waals surface area contributed by atoms with E-state index in [4.69, 9.17) is 11.6 Å². The maximum atomic E-state index is 14.4. The highest BCUT2D eigenvalue weighted by molar-refractivity contribution is 6.29. The molecule has 0 aliphatic heterocycles. The molecule has 184 valence electrons. The zero-order valence-electron chi connectivity index (χ0n) is 19.3. The second-order valence-electron chi connectivity index (χ2n) is 8.28. The van der Waals surface area contributed by atoms with Gasteiger partial charge in [-0.3, -0.25) is 19.0 Å². The van der Waals surface area contributed by atoms with Crippen LogP contribution < -0.4 is 16.6 Å². The number of pyridine rings is 1. The van der Waals surface area contributed by atoms with Crippen LogP contribution in [0.15, 0.2) is 70.4 Å². The second kappa shape index (κ2) is 10.7. The first-order valence-electron chi connectivity index (χ1n) is 11.2. The molecule has 1 amide bonds. The zero-order chi connectivity index (χ0) is 25.8. The van der Waals surface area contributed by atoms with Gasteiger partial charge in [0.15, 0.2) is 5.78 Å². The number of benzene rings is 2. The molecule has 2 aromatic heterocycles. The molecule has 0 saturated heterocycles. The summed E-state index contributed by atoms with van der Waals surface area (Å²) in [5, 5.41) is 2.83. The highest BCUT2D eigenvalue weighted by Gasteiger charge is 2.19. The number of ketones is 1. The lowest BCUT2D eigenvalue weighted by atomic mass is 10.0. The lowest BCUT2D eigenvalue weighted by Gasteiger charge is -2.13. The summed E-state index contributed by atoms with van der Waals surface area (Å²) < 4.78 is 15.3. The van der Waals surface area contributed by atoms with E-state index in [1.54, 1.807) is 13.0 Å². The minimum Gasteiger partial charge on any atom is -0.354 e. The topological polar surface area (TPSA) is 114 Å². The van der Waals surface area contributed by atoms with E-state index in [0.717, 1.165) is 22.3 Å². The Morgan fingerprint density at radius 1 is 1.14 bits per heavy atom. The molecule has 2 heterocycles. The van der Waals surface area contributed by atoms with Crippen molar-refractivity contribution in [2.75, 3.05) is 6.54 Å². The van der Waals surface area contributed by atoms with Crippen molar-refractivity contribution in [2.24, 2.45) is 0 Å². The van der Waals surface area contributed by atoms with E-state index in [2.05, 4.69) is 15.3 Å². The van der Waals surface area contributed by atoms with Gasteiger partial charge < -0.3 is 10.3 Å².